The highest BCUT2D eigenvalue weighted by Crippen LogP contribution is 2.25. The number of carbonyl (C=O) groups is 1. The van der Waals surface area contributed by atoms with E-state index in [1.165, 1.54) is 11.3 Å². The lowest BCUT2D eigenvalue weighted by Gasteiger charge is -2.25. The molecule has 1 aromatic rings. The van der Waals surface area contributed by atoms with E-state index < -0.39 is 5.60 Å². The van der Waals surface area contributed by atoms with Gasteiger partial charge in [-0.05, 0) is 26.0 Å². The third-order valence-corrected chi connectivity index (χ3v) is 4.18. The lowest BCUT2D eigenvalue weighted by molar-refractivity contribution is -0.0251. The molecule has 2 heterocycles. The average Bonchev–Trinajstić information content (AvgIpc) is 2.84. The molecule has 0 radical (unpaired) electrons. The summed E-state index contributed by atoms with van der Waals surface area (Å²) in [5, 5.41) is 13.0. The quantitative estimate of drug-likeness (QED) is 0.856. The van der Waals surface area contributed by atoms with E-state index in [1.807, 2.05) is 19.9 Å². The van der Waals surface area contributed by atoms with Gasteiger partial charge in [-0.15, -0.1) is 11.3 Å². The summed E-state index contributed by atoms with van der Waals surface area (Å²) in [4.78, 5) is 13.6. The van der Waals surface area contributed by atoms with E-state index in [0.717, 1.165) is 4.88 Å². The number of carbonyl (C=O) groups excluding carboxylic acids is 1. The van der Waals surface area contributed by atoms with Gasteiger partial charge < -0.3 is 15.2 Å². The molecule has 1 fully saturated rings. The van der Waals surface area contributed by atoms with Crippen molar-refractivity contribution in [1.82, 2.24) is 5.32 Å². The number of thiophene rings is 1. The second-order valence-corrected chi connectivity index (χ2v) is 5.75. The molecule has 1 aliphatic heterocycles. The fourth-order valence-electron chi connectivity index (χ4n) is 1.88. The summed E-state index contributed by atoms with van der Waals surface area (Å²) in [6.45, 7) is 4.58. The van der Waals surface area contributed by atoms with Crippen LogP contribution < -0.4 is 5.32 Å². The van der Waals surface area contributed by atoms with Crippen LogP contribution in [-0.4, -0.2) is 35.9 Å². The van der Waals surface area contributed by atoms with Gasteiger partial charge in [0, 0.05) is 24.4 Å². The Bertz CT molecular complexity index is 418. The van der Waals surface area contributed by atoms with Crippen LogP contribution in [0.2, 0.25) is 0 Å². The van der Waals surface area contributed by atoms with Gasteiger partial charge in [0.2, 0.25) is 0 Å². The molecule has 1 amide bonds. The Kier molecular flexibility index (Phi) is 3.51. The highest BCUT2D eigenvalue weighted by molar-refractivity contribution is 7.13. The fourth-order valence-corrected chi connectivity index (χ4v) is 2.66. The van der Waals surface area contributed by atoms with Crippen LogP contribution in [0.5, 0.6) is 0 Å². The average molecular weight is 255 g/mol. The van der Waals surface area contributed by atoms with Crippen LogP contribution >= 0.6 is 11.3 Å². The minimum absolute atomic E-state index is 0.129. The van der Waals surface area contributed by atoms with Gasteiger partial charge in [-0.1, -0.05) is 0 Å². The van der Waals surface area contributed by atoms with Crippen molar-refractivity contribution >= 4 is 17.2 Å². The first-order valence-electron chi connectivity index (χ1n) is 5.70. The first-order valence-corrected chi connectivity index (χ1v) is 6.51. The lowest BCUT2D eigenvalue weighted by Crippen LogP contribution is -2.47. The van der Waals surface area contributed by atoms with Crippen molar-refractivity contribution in [2.75, 3.05) is 13.2 Å². The van der Waals surface area contributed by atoms with Crippen LogP contribution in [0.15, 0.2) is 12.1 Å². The van der Waals surface area contributed by atoms with Gasteiger partial charge in [-0.2, -0.15) is 0 Å². The van der Waals surface area contributed by atoms with E-state index in [2.05, 4.69) is 5.32 Å². The second kappa shape index (κ2) is 4.76. The summed E-state index contributed by atoms with van der Waals surface area (Å²) < 4.78 is 5.31. The molecule has 5 heteroatoms. The van der Waals surface area contributed by atoms with E-state index >= 15 is 0 Å². The molecule has 0 saturated carbocycles. The Morgan fingerprint density at radius 2 is 2.47 bits per heavy atom. The van der Waals surface area contributed by atoms with Crippen molar-refractivity contribution in [1.29, 1.82) is 0 Å². The SMILES string of the molecule is Cc1ccc(C(=O)NCC2(O)CCOC2C)s1. The molecular formula is C12H17NO3S. The van der Waals surface area contributed by atoms with E-state index in [1.54, 1.807) is 6.07 Å². The maximum atomic E-state index is 11.8. The third kappa shape index (κ3) is 2.68. The number of rotatable bonds is 3. The lowest BCUT2D eigenvalue weighted by atomic mass is 9.97. The first-order chi connectivity index (χ1) is 8.01. The van der Waals surface area contributed by atoms with Gasteiger partial charge in [0.05, 0.1) is 11.0 Å². The summed E-state index contributed by atoms with van der Waals surface area (Å²) in [5.41, 5.74) is -0.929. The Morgan fingerprint density at radius 3 is 3.00 bits per heavy atom. The molecule has 17 heavy (non-hydrogen) atoms. The summed E-state index contributed by atoms with van der Waals surface area (Å²) in [6.07, 6.45) is 0.339. The van der Waals surface area contributed by atoms with Gasteiger partial charge in [0.1, 0.15) is 5.60 Å². The third-order valence-electron chi connectivity index (χ3n) is 3.18. The Labute approximate surface area is 105 Å². The van der Waals surface area contributed by atoms with E-state index in [9.17, 15) is 9.90 Å². The highest BCUT2D eigenvalue weighted by atomic mass is 32.1. The van der Waals surface area contributed by atoms with Gasteiger partial charge >= 0.3 is 0 Å². The van der Waals surface area contributed by atoms with Crippen molar-refractivity contribution in [2.45, 2.75) is 32.0 Å². The molecule has 94 valence electrons. The van der Waals surface area contributed by atoms with Gasteiger partial charge in [0.25, 0.3) is 5.91 Å². The molecule has 4 nitrogen and oxygen atoms in total. The predicted molar refractivity (Wildman–Crippen MR) is 66.4 cm³/mol. The molecule has 0 spiro atoms. The zero-order chi connectivity index (χ0) is 12.5. The number of hydrogen-bond donors (Lipinski definition) is 2. The van der Waals surface area contributed by atoms with Crippen molar-refractivity contribution in [3.63, 3.8) is 0 Å². The predicted octanol–water partition coefficient (Wildman–Crippen LogP) is 1.33. The van der Waals surface area contributed by atoms with Crippen LogP contribution in [-0.2, 0) is 4.74 Å². The van der Waals surface area contributed by atoms with Crippen molar-refractivity contribution < 1.29 is 14.6 Å². The highest BCUT2D eigenvalue weighted by Gasteiger charge is 2.39. The molecule has 1 aromatic heterocycles. The molecule has 1 saturated heterocycles. The van der Waals surface area contributed by atoms with Gasteiger partial charge in [-0.25, -0.2) is 0 Å². The number of amides is 1. The van der Waals surface area contributed by atoms with Crippen molar-refractivity contribution in [3.05, 3.63) is 21.9 Å². The molecule has 0 aromatic carbocycles. The number of aryl methyl sites for hydroxylation is 1. The van der Waals surface area contributed by atoms with Crippen molar-refractivity contribution in [3.8, 4) is 0 Å². The zero-order valence-electron chi connectivity index (χ0n) is 10.0. The largest absolute Gasteiger partial charge is 0.385 e. The Hall–Kier alpha value is -0.910. The first kappa shape index (κ1) is 12.5. The molecule has 0 bridgehead atoms. The van der Waals surface area contributed by atoms with Crippen LogP contribution in [0.1, 0.15) is 27.9 Å². The Morgan fingerprint density at radius 1 is 1.71 bits per heavy atom. The topological polar surface area (TPSA) is 58.6 Å². The smallest absolute Gasteiger partial charge is 0.261 e. The summed E-state index contributed by atoms with van der Waals surface area (Å²) in [7, 11) is 0. The van der Waals surface area contributed by atoms with Gasteiger partial charge in [0.15, 0.2) is 0 Å². The Balaban J connectivity index is 1.92. The monoisotopic (exact) mass is 255 g/mol. The minimum Gasteiger partial charge on any atom is -0.385 e. The van der Waals surface area contributed by atoms with E-state index in [-0.39, 0.29) is 18.6 Å². The number of hydrogen-bond acceptors (Lipinski definition) is 4. The maximum absolute atomic E-state index is 11.8. The molecular weight excluding hydrogens is 238 g/mol. The molecule has 2 N–H and O–H groups in total. The number of aliphatic hydroxyl groups is 1. The summed E-state index contributed by atoms with van der Waals surface area (Å²) in [6, 6.07) is 3.71. The molecule has 1 aliphatic rings. The molecule has 0 aliphatic carbocycles. The zero-order valence-corrected chi connectivity index (χ0v) is 10.8. The van der Waals surface area contributed by atoms with E-state index in [0.29, 0.717) is 17.9 Å². The summed E-state index contributed by atoms with van der Waals surface area (Å²) in [5.74, 6) is -0.129. The minimum atomic E-state index is -0.929. The normalized spacial score (nSPS) is 28.3. The van der Waals surface area contributed by atoms with Gasteiger partial charge in [-0.3, -0.25) is 4.79 Å². The van der Waals surface area contributed by atoms with Crippen LogP contribution in [0.3, 0.4) is 0 Å². The van der Waals surface area contributed by atoms with E-state index in [4.69, 9.17) is 4.74 Å². The summed E-state index contributed by atoms with van der Waals surface area (Å²) >= 11 is 1.45. The van der Waals surface area contributed by atoms with Crippen LogP contribution in [0.25, 0.3) is 0 Å². The number of ether oxygens (including phenoxy) is 1. The molecule has 2 atom stereocenters. The van der Waals surface area contributed by atoms with Crippen LogP contribution in [0, 0.1) is 6.92 Å². The number of nitrogens with one attached hydrogen (secondary N) is 1. The molecule has 2 unspecified atom stereocenters. The van der Waals surface area contributed by atoms with Crippen molar-refractivity contribution in [2.24, 2.45) is 0 Å². The van der Waals surface area contributed by atoms with Crippen LogP contribution in [0.4, 0.5) is 0 Å². The molecule has 2 rings (SSSR count). The second-order valence-electron chi connectivity index (χ2n) is 4.46. The standard InChI is InChI=1S/C12H17NO3S/c1-8-3-4-10(17-8)11(14)13-7-12(15)5-6-16-9(12)2/h3-4,9,15H,5-7H2,1-2H3,(H,13,14). The fraction of sp³-hybridized carbons (Fsp3) is 0.583. The maximum Gasteiger partial charge on any atom is 0.261 e.